The molecule has 0 saturated carbocycles. The molecule has 2 rings (SSSR count). The van der Waals surface area contributed by atoms with Crippen molar-refractivity contribution in [2.75, 3.05) is 4.57 Å². The smallest absolute Gasteiger partial charge is 0.201 e. The molecule has 1 aromatic carbocycles. The Kier molecular flexibility index (Phi) is 3.07. The van der Waals surface area contributed by atoms with E-state index in [-0.39, 0.29) is 0 Å². The third-order valence-corrected chi connectivity index (χ3v) is 4.85. The molecule has 0 spiro atoms. The van der Waals surface area contributed by atoms with Crippen LogP contribution in [0.1, 0.15) is 0 Å². The monoisotopic (exact) mass is 249 g/mol. The minimum atomic E-state index is -1.49. The van der Waals surface area contributed by atoms with E-state index in [9.17, 15) is 0 Å². The lowest BCUT2D eigenvalue weighted by atomic mass is 10.3. The van der Waals surface area contributed by atoms with Crippen LogP contribution in [0.3, 0.4) is 0 Å². The fourth-order valence-electron chi connectivity index (χ4n) is 1.63. The van der Waals surface area contributed by atoms with Crippen molar-refractivity contribution in [3.8, 4) is 0 Å². The molecule has 3 nitrogen and oxygen atoms in total. The fraction of sp³-hybridized carbons (Fsp3) is 0.273. The summed E-state index contributed by atoms with van der Waals surface area (Å²) < 4.78 is 6.43. The van der Waals surface area contributed by atoms with E-state index in [2.05, 4.69) is 57.8 Å². The SMILES string of the molecule is C[Si](C)(C)N(c1ccccc1)c1ncns1. The zero-order chi connectivity index (χ0) is 11.6. The van der Waals surface area contributed by atoms with Crippen LogP contribution in [0.2, 0.25) is 19.6 Å². The topological polar surface area (TPSA) is 29.0 Å². The lowest BCUT2D eigenvalue weighted by Crippen LogP contribution is -2.42. The Bertz CT molecular complexity index is 436. The number of para-hydroxylation sites is 1. The van der Waals surface area contributed by atoms with Crippen molar-refractivity contribution >= 4 is 30.6 Å². The fourth-order valence-corrected chi connectivity index (χ4v) is 4.60. The number of aromatic nitrogens is 2. The summed E-state index contributed by atoms with van der Waals surface area (Å²) in [5, 5.41) is 0.991. The van der Waals surface area contributed by atoms with Crippen molar-refractivity contribution in [1.82, 2.24) is 9.36 Å². The van der Waals surface area contributed by atoms with E-state index in [0.29, 0.717) is 0 Å². The van der Waals surface area contributed by atoms with Crippen LogP contribution >= 0.6 is 11.5 Å². The zero-order valence-electron chi connectivity index (χ0n) is 9.71. The first-order valence-corrected chi connectivity index (χ1v) is 9.43. The molecule has 0 unspecified atom stereocenters. The van der Waals surface area contributed by atoms with Crippen LogP contribution in [-0.4, -0.2) is 17.6 Å². The maximum atomic E-state index is 4.33. The van der Waals surface area contributed by atoms with Crippen LogP contribution in [0.25, 0.3) is 0 Å². The molecule has 0 radical (unpaired) electrons. The molecule has 2 aromatic rings. The standard InChI is InChI=1S/C11H15N3SSi/c1-16(2,3)14(11-12-9-13-15-11)10-7-5-4-6-8-10/h4-9H,1-3H3. The third-order valence-electron chi connectivity index (χ3n) is 2.23. The predicted molar refractivity (Wildman–Crippen MR) is 71.8 cm³/mol. The average molecular weight is 249 g/mol. The van der Waals surface area contributed by atoms with Crippen molar-refractivity contribution in [3.05, 3.63) is 36.7 Å². The second-order valence-corrected chi connectivity index (χ2v) is 10.1. The predicted octanol–water partition coefficient (Wildman–Crippen LogP) is 3.51. The first kappa shape index (κ1) is 11.3. The maximum Gasteiger partial charge on any atom is 0.201 e. The summed E-state index contributed by atoms with van der Waals surface area (Å²) in [6, 6.07) is 10.4. The minimum absolute atomic E-state index is 0.991. The van der Waals surface area contributed by atoms with E-state index in [1.165, 1.54) is 17.2 Å². The van der Waals surface area contributed by atoms with Gasteiger partial charge in [-0.2, -0.15) is 4.37 Å². The van der Waals surface area contributed by atoms with E-state index < -0.39 is 8.24 Å². The Morgan fingerprint density at radius 3 is 2.31 bits per heavy atom. The van der Waals surface area contributed by atoms with Crippen LogP contribution in [0.15, 0.2) is 36.7 Å². The highest BCUT2D eigenvalue weighted by Crippen LogP contribution is 2.31. The molecule has 0 aliphatic carbocycles. The molecule has 0 aliphatic rings. The summed E-state index contributed by atoms with van der Waals surface area (Å²) in [5.41, 5.74) is 1.21. The van der Waals surface area contributed by atoms with Gasteiger partial charge < -0.3 is 4.57 Å². The summed E-state index contributed by atoms with van der Waals surface area (Å²) in [6.07, 6.45) is 1.62. The molecule has 16 heavy (non-hydrogen) atoms. The van der Waals surface area contributed by atoms with E-state index in [4.69, 9.17) is 0 Å². The van der Waals surface area contributed by atoms with Crippen LogP contribution in [0.5, 0.6) is 0 Å². The summed E-state index contributed by atoms with van der Waals surface area (Å²) in [7, 11) is -1.49. The van der Waals surface area contributed by atoms with Gasteiger partial charge in [-0.3, -0.25) is 0 Å². The molecule has 5 heteroatoms. The van der Waals surface area contributed by atoms with Crippen molar-refractivity contribution < 1.29 is 0 Å². The van der Waals surface area contributed by atoms with Crippen LogP contribution in [0.4, 0.5) is 10.8 Å². The molecule has 0 amide bonds. The molecular formula is C11H15N3SSi. The Morgan fingerprint density at radius 2 is 1.81 bits per heavy atom. The Hall–Kier alpha value is -1.20. The number of hydrogen-bond acceptors (Lipinski definition) is 4. The Labute approximate surface area is 101 Å². The highest BCUT2D eigenvalue weighted by atomic mass is 32.1. The second-order valence-electron chi connectivity index (χ2n) is 4.57. The Balaban J connectivity index is 2.45. The minimum Gasteiger partial charge on any atom is -0.345 e. The van der Waals surface area contributed by atoms with E-state index in [0.717, 1.165) is 5.13 Å². The van der Waals surface area contributed by atoms with Crippen LogP contribution < -0.4 is 4.57 Å². The summed E-state index contributed by atoms with van der Waals surface area (Å²) in [6.45, 7) is 6.92. The van der Waals surface area contributed by atoms with Gasteiger partial charge in [0.15, 0.2) is 8.24 Å². The third kappa shape index (κ3) is 2.30. The molecule has 0 saturated heterocycles. The molecule has 1 heterocycles. The molecule has 0 N–H and O–H groups in total. The molecule has 84 valence electrons. The van der Waals surface area contributed by atoms with Crippen molar-refractivity contribution in [1.29, 1.82) is 0 Å². The average Bonchev–Trinajstić information content (AvgIpc) is 2.71. The van der Waals surface area contributed by atoms with Gasteiger partial charge in [-0.1, -0.05) is 37.8 Å². The quantitative estimate of drug-likeness (QED) is 0.779. The van der Waals surface area contributed by atoms with Gasteiger partial charge in [-0.05, 0) is 12.1 Å². The van der Waals surface area contributed by atoms with Crippen LogP contribution in [0, 0.1) is 0 Å². The van der Waals surface area contributed by atoms with Crippen molar-refractivity contribution in [2.24, 2.45) is 0 Å². The first-order chi connectivity index (χ1) is 7.59. The largest absolute Gasteiger partial charge is 0.345 e. The van der Waals surface area contributed by atoms with Crippen molar-refractivity contribution in [2.45, 2.75) is 19.6 Å². The lowest BCUT2D eigenvalue weighted by molar-refractivity contribution is 1.24. The number of rotatable bonds is 3. The number of benzene rings is 1. The lowest BCUT2D eigenvalue weighted by Gasteiger charge is -2.33. The van der Waals surface area contributed by atoms with Gasteiger partial charge in [0.05, 0.1) is 0 Å². The first-order valence-electron chi connectivity index (χ1n) is 5.21. The summed E-state index contributed by atoms with van der Waals surface area (Å²) in [4.78, 5) is 4.33. The highest BCUT2D eigenvalue weighted by molar-refractivity contribution is 7.11. The van der Waals surface area contributed by atoms with Gasteiger partial charge in [0.2, 0.25) is 5.13 Å². The number of anilines is 2. The molecular weight excluding hydrogens is 234 g/mol. The molecule has 0 aliphatic heterocycles. The summed E-state index contributed by atoms with van der Waals surface area (Å²) in [5.74, 6) is 0. The van der Waals surface area contributed by atoms with E-state index >= 15 is 0 Å². The molecule has 1 aromatic heterocycles. The number of nitrogens with zero attached hydrogens (tertiary/aromatic N) is 3. The highest BCUT2D eigenvalue weighted by Gasteiger charge is 2.27. The van der Waals surface area contributed by atoms with Gasteiger partial charge in [0.1, 0.15) is 6.33 Å². The van der Waals surface area contributed by atoms with Crippen molar-refractivity contribution in [3.63, 3.8) is 0 Å². The zero-order valence-corrected chi connectivity index (χ0v) is 11.5. The van der Waals surface area contributed by atoms with Crippen LogP contribution in [-0.2, 0) is 0 Å². The van der Waals surface area contributed by atoms with E-state index in [1.54, 1.807) is 6.33 Å². The molecule has 0 atom stereocenters. The van der Waals surface area contributed by atoms with Gasteiger partial charge in [0, 0.05) is 17.2 Å². The second kappa shape index (κ2) is 4.35. The van der Waals surface area contributed by atoms with Gasteiger partial charge in [0.25, 0.3) is 0 Å². The van der Waals surface area contributed by atoms with Gasteiger partial charge in [-0.15, -0.1) is 0 Å². The summed E-state index contributed by atoms with van der Waals surface area (Å²) >= 11 is 1.45. The maximum absolute atomic E-state index is 4.33. The van der Waals surface area contributed by atoms with Gasteiger partial charge >= 0.3 is 0 Å². The number of hydrogen-bond donors (Lipinski definition) is 0. The Morgan fingerprint density at radius 1 is 1.12 bits per heavy atom. The van der Waals surface area contributed by atoms with Gasteiger partial charge in [-0.25, -0.2) is 4.98 Å². The normalized spacial score (nSPS) is 11.4. The molecule has 0 bridgehead atoms. The molecule has 0 fully saturated rings. The van der Waals surface area contributed by atoms with E-state index in [1.807, 2.05) is 6.07 Å².